The molecular formula is C14H16N4O4. The molecule has 116 valence electrons. The van der Waals surface area contributed by atoms with Gasteiger partial charge in [-0.25, -0.2) is 4.79 Å². The Hall–Kier alpha value is -2.64. The van der Waals surface area contributed by atoms with Gasteiger partial charge in [0.15, 0.2) is 0 Å². The van der Waals surface area contributed by atoms with Gasteiger partial charge in [0.05, 0.1) is 16.6 Å². The number of hydrogen-bond acceptors (Lipinski definition) is 4. The third-order valence-corrected chi connectivity index (χ3v) is 4.15. The van der Waals surface area contributed by atoms with Gasteiger partial charge >= 0.3 is 6.09 Å². The van der Waals surface area contributed by atoms with Crippen LogP contribution in [-0.2, 0) is 6.54 Å². The molecule has 0 spiro atoms. The Bertz CT molecular complexity index is 719. The summed E-state index contributed by atoms with van der Waals surface area (Å²) in [6.45, 7) is 1.80. The molecule has 3 rings (SSSR count). The van der Waals surface area contributed by atoms with E-state index in [0.717, 1.165) is 23.7 Å². The zero-order chi connectivity index (χ0) is 15.7. The molecule has 1 aliphatic heterocycles. The minimum absolute atomic E-state index is 0.0572. The van der Waals surface area contributed by atoms with Crippen molar-refractivity contribution < 1.29 is 14.8 Å². The summed E-state index contributed by atoms with van der Waals surface area (Å²) in [6, 6.07) is 4.71. The van der Waals surface area contributed by atoms with Gasteiger partial charge in [-0.2, -0.15) is 5.10 Å². The molecule has 2 heterocycles. The Labute approximate surface area is 126 Å². The standard InChI is InChI=1S/C14H16N4O4/c19-14(20)16-5-3-10(4-6-16)9-17-13-2-1-12(18(21)22)7-11(13)8-15-17/h1-2,7-8,10H,3-6,9H2,(H,19,20). The second-order valence-corrected chi connectivity index (χ2v) is 5.54. The average molecular weight is 304 g/mol. The van der Waals surface area contributed by atoms with Crippen LogP contribution >= 0.6 is 0 Å². The molecule has 1 fully saturated rings. The van der Waals surface area contributed by atoms with Crippen LogP contribution in [0.15, 0.2) is 24.4 Å². The van der Waals surface area contributed by atoms with E-state index in [0.29, 0.717) is 25.6 Å². The average Bonchev–Trinajstić information content (AvgIpc) is 2.90. The van der Waals surface area contributed by atoms with Gasteiger partial charge in [0.25, 0.3) is 5.69 Å². The van der Waals surface area contributed by atoms with Gasteiger partial charge in [-0.1, -0.05) is 0 Å². The number of benzene rings is 1. The number of carboxylic acid groups (broad SMARTS) is 1. The van der Waals surface area contributed by atoms with E-state index in [1.165, 1.54) is 17.0 Å². The summed E-state index contributed by atoms with van der Waals surface area (Å²) < 4.78 is 1.85. The number of likely N-dealkylation sites (tertiary alicyclic amines) is 1. The van der Waals surface area contributed by atoms with Crippen LogP contribution in [0.3, 0.4) is 0 Å². The van der Waals surface area contributed by atoms with E-state index in [2.05, 4.69) is 5.10 Å². The fourth-order valence-electron chi connectivity index (χ4n) is 2.88. The molecule has 1 amide bonds. The molecule has 8 nitrogen and oxygen atoms in total. The topological polar surface area (TPSA) is 102 Å². The molecule has 0 aliphatic carbocycles. The SMILES string of the molecule is O=C(O)N1CCC(Cn2ncc3cc([N+](=O)[O-])ccc32)CC1. The van der Waals surface area contributed by atoms with Crippen LogP contribution < -0.4 is 0 Å². The zero-order valence-electron chi connectivity index (χ0n) is 11.9. The number of nitrogens with zero attached hydrogens (tertiary/aromatic N) is 4. The van der Waals surface area contributed by atoms with Gasteiger partial charge < -0.3 is 10.0 Å². The van der Waals surface area contributed by atoms with E-state index >= 15 is 0 Å². The first-order valence-electron chi connectivity index (χ1n) is 7.12. The monoisotopic (exact) mass is 304 g/mol. The Morgan fingerprint density at radius 2 is 2.14 bits per heavy atom. The van der Waals surface area contributed by atoms with Crippen molar-refractivity contribution in [2.75, 3.05) is 13.1 Å². The van der Waals surface area contributed by atoms with Crippen LogP contribution in [0.4, 0.5) is 10.5 Å². The van der Waals surface area contributed by atoms with Gasteiger partial charge in [-0.3, -0.25) is 14.8 Å². The lowest BCUT2D eigenvalue weighted by Gasteiger charge is -2.29. The summed E-state index contributed by atoms with van der Waals surface area (Å²) in [6.07, 6.45) is 2.38. The number of non-ortho nitro benzene ring substituents is 1. The number of nitro groups is 1. The summed E-state index contributed by atoms with van der Waals surface area (Å²) >= 11 is 0. The Kier molecular flexibility index (Phi) is 3.66. The Balaban J connectivity index is 1.72. The maximum absolute atomic E-state index is 10.9. The molecule has 1 aromatic heterocycles. The molecule has 0 unspecified atom stereocenters. The van der Waals surface area contributed by atoms with E-state index in [-0.39, 0.29) is 5.69 Å². The van der Waals surface area contributed by atoms with Crippen molar-refractivity contribution in [3.05, 3.63) is 34.5 Å². The van der Waals surface area contributed by atoms with Gasteiger partial charge in [-0.05, 0) is 24.8 Å². The lowest BCUT2D eigenvalue weighted by atomic mass is 9.97. The fourth-order valence-corrected chi connectivity index (χ4v) is 2.88. The first kappa shape index (κ1) is 14.3. The Morgan fingerprint density at radius 3 is 2.77 bits per heavy atom. The van der Waals surface area contributed by atoms with Crippen molar-refractivity contribution in [1.82, 2.24) is 14.7 Å². The first-order chi connectivity index (χ1) is 10.5. The third-order valence-electron chi connectivity index (χ3n) is 4.15. The normalized spacial score (nSPS) is 16.1. The maximum atomic E-state index is 10.9. The number of amides is 1. The molecular weight excluding hydrogens is 288 g/mol. The molecule has 0 bridgehead atoms. The fraction of sp³-hybridized carbons (Fsp3) is 0.429. The Morgan fingerprint density at radius 1 is 1.41 bits per heavy atom. The van der Waals surface area contributed by atoms with E-state index in [1.54, 1.807) is 12.3 Å². The van der Waals surface area contributed by atoms with Crippen LogP contribution in [0.1, 0.15) is 12.8 Å². The van der Waals surface area contributed by atoms with Crippen LogP contribution in [0.5, 0.6) is 0 Å². The maximum Gasteiger partial charge on any atom is 0.407 e. The summed E-state index contributed by atoms with van der Waals surface area (Å²) in [5.74, 6) is 0.369. The van der Waals surface area contributed by atoms with E-state index in [9.17, 15) is 14.9 Å². The molecule has 1 aliphatic rings. The van der Waals surface area contributed by atoms with Crippen LogP contribution in [-0.4, -0.2) is 43.9 Å². The number of carbonyl (C=O) groups is 1. The lowest BCUT2D eigenvalue weighted by Crippen LogP contribution is -2.38. The van der Waals surface area contributed by atoms with Crippen molar-refractivity contribution in [1.29, 1.82) is 0 Å². The molecule has 0 radical (unpaired) electrons. The number of piperidine rings is 1. The summed E-state index contributed by atoms with van der Waals surface area (Å²) in [7, 11) is 0. The summed E-state index contributed by atoms with van der Waals surface area (Å²) in [5, 5.41) is 24.8. The number of rotatable bonds is 3. The van der Waals surface area contributed by atoms with Crippen molar-refractivity contribution >= 4 is 22.7 Å². The van der Waals surface area contributed by atoms with Crippen molar-refractivity contribution in [2.24, 2.45) is 5.92 Å². The summed E-state index contributed by atoms with van der Waals surface area (Å²) in [5.41, 5.74) is 0.924. The quantitative estimate of drug-likeness (QED) is 0.692. The van der Waals surface area contributed by atoms with E-state index in [1.807, 2.05) is 4.68 Å². The highest BCUT2D eigenvalue weighted by Crippen LogP contribution is 2.24. The summed E-state index contributed by atoms with van der Waals surface area (Å²) in [4.78, 5) is 22.7. The molecule has 0 atom stereocenters. The minimum atomic E-state index is -0.865. The van der Waals surface area contributed by atoms with Gasteiger partial charge in [0.1, 0.15) is 0 Å². The predicted molar refractivity (Wildman–Crippen MR) is 78.7 cm³/mol. The van der Waals surface area contributed by atoms with Gasteiger partial charge in [-0.15, -0.1) is 0 Å². The van der Waals surface area contributed by atoms with Gasteiger partial charge in [0, 0.05) is 37.2 Å². The van der Waals surface area contributed by atoms with E-state index < -0.39 is 11.0 Å². The molecule has 1 N–H and O–H groups in total. The third kappa shape index (κ3) is 2.72. The zero-order valence-corrected chi connectivity index (χ0v) is 11.9. The first-order valence-corrected chi connectivity index (χ1v) is 7.12. The number of nitro benzene ring substituents is 1. The van der Waals surface area contributed by atoms with Crippen LogP contribution in [0, 0.1) is 16.0 Å². The molecule has 0 saturated carbocycles. The second kappa shape index (κ2) is 5.63. The lowest BCUT2D eigenvalue weighted by molar-refractivity contribution is -0.384. The molecule has 1 saturated heterocycles. The predicted octanol–water partition coefficient (Wildman–Crippen LogP) is 2.33. The number of aromatic nitrogens is 2. The van der Waals surface area contributed by atoms with E-state index in [4.69, 9.17) is 5.11 Å². The van der Waals surface area contributed by atoms with Gasteiger partial charge in [0.2, 0.25) is 0 Å². The van der Waals surface area contributed by atoms with Crippen LogP contribution in [0.2, 0.25) is 0 Å². The molecule has 22 heavy (non-hydrogen) atoms. The van der Waals surface area contributed by atoms with Crippen molar-refractivity contribution in [2.45, 2.75) is 19.4 Å². The molecule has 2 aromatic rings. The molecule has 8 heteroatoms. The highest BCUT2D eigenvalue weighted by molar-refractivity contribution is 5.81. The highest BCUT2D eigenvalue weighted by Gasteiger charge is 2.23. The van der Waals surface area contributed by atoms with Crippen LogP contribution in [0.25, 0.3) is 10.9 Å². The van der Waals surface area contributed by atoms with Crippen molar-refractivity contribution in [3.8, 4) is 0 Å². The minimum Gasteiger partial charge on any atom is -0.465 e. The number of fused-ring (bicyclic) bond motifs is 1. The smallest absolute Gasteiger partial charge is 0.407 e. The second-order valence-electron chi connectivity index (χ2n) is 5.54. The number of hydrogen-bond donors (Lipinski definition) is 1. The molecule has 1 aromatic carbocycles. The largest absolute Gasteiger partial charge is 0.465 e. The highest BCUT2D eigenvalue weighted by atomic mass is 16.6. The van der Waals surface area contributed by atoms with Crippen molar-refractivity contribution in [3.63, 3.8) is 0 Å².